The van der Waals surface area contributed by atoms with Crippen LogP contribution in [0.25, 0.3) is 0 Å². The van der Waals surface area contributed by atoms with Gasteiger partial charge in [-0.3, -0.25) is 4.79 Å². The third-order valence-electron chi connectivity index (χ3n) is 6.47. The van der Waals surface area contributed by atoms with Gasteiger partial charge in [-0.05, 0) is 62.4 Å². The first kappa shape index (κ1) is 22.5. The van der Waals surface area contributed by atoms with Gasteiger partial charge in [0.15, 0.2) is 17.3 Å². The number of fused-ring (bicyclic) bond motifs is 1. The number of dihydropyridines is 1. The molecule has 0 spiro atoms. The van der Waals surface area contributed by atoms with Crippen molar-refractivity contribution in [3.05, 3.63) is 81.2 Å². The number of nitrogens with one attached hydrogen (secondary N) is 1. The van der Waals surface area contributed by atoms with Gasteiger partial charge in [-0.1, -0.05) is 35.9 Å². The molecule has 0 unspecified atom stereocenters. The van der Waals surface area contributed by atoms with E-state index in [0.29, 0.717) is 46.2 Å². The summed E-state index contributed by atoms with van der Waals surface area (Å²) in [6, 6.07) is 13.2. The lowest BCUT2D eigenvalue weighted by molar-refractivity contribution is -0.143. The highest BCUT2D eigenvalue weighted by atomic mass is 35.5. The SMILES string of the molecule is CC1=C(C(=O)OC(C)C)[C@@H](c2ccc3c(c2)OCO3)C2=C(C[C@H](c3ccccc3Cl)CC2=O)N1. The van der Waals surface area contributed by atoms with E-state index in [2.05, 4.69) is 5.32 Å². The van der Waals surface area contributed by atoms with Crippen molar-refractivity contribution in [2.45, 2.75) is 51.6 Å². The zero-order chi connectivity index (χ0) is 24.0. The van der Waals surface area contributed by atoms with Crippen molar-refractivity contribution in [3.63, 3.8) is 0 Å². The predicted octanol–water partition coefficient (Wildman–Crippen LogP) is 5.38. The van der Waals surface area contributed by atoms with Crippen LogP contribution in [-0.4, -0.2) is 24.6 Å². The normalized spacial score (nSPS) is 21.5. The van der Waals surface area contributed by atoms with Crippen molar-refractivity contribution in [2.75, 3.05) is 6.79 Å². The number of halogens is 1. The van der Waals surface area contributed by atoms with E-state index in [1.165, 1.54) is 0 Å². The van der Waals surface area contributed by atoms with Crippen LogP contribution in [0, 0.1) is 0 Å². The molecule has 0 radical (unpaired) electrons. The van der Waals surface area contributed by atoms with E-state index in [-0.39, 0.29) is 24.6 Å². The van der Waals surface area contributed by atoms with Crippen molar-refractivity contribution in [3.8, 4) is 11.5 Å². The largest absolute Gasteiger partial charge is 0.460 e. The fourth-order valence-electron chi connectivity index (χ4n) is 5.04. The molecule has 1 aliphatic carbocycles. The molecule has 7 heteroatoms. The van der Waals surface area contributed by atoms with Crippen LogP contribution in [0.2, 0.25) is 5.02 Å². The third-order valence-corrected chi connectivity index (χ3v) is 6.81. The maximum atomic E-state index is 13.7. The first-order valence-corrected chi connectivity index (χ1v) is 11.8. The number of ketones is 1. The summed E-state index contributed by atoms with van der Waals surface area (Å²) in [6.07, 6.45) is 0.652. The number of hydrogen-bond donors (Lipinski definition) is 1. The van der Waals surface area contributed by atoms with Crippen LogP contribution in [0.1, 0.15) is 56.6 Å². The van der Waals surface area contributed by atoms with Crippen LogP contribution in [0.5, 0.6) is 11.5 Å². The number of ether oxygens (including phenoxy) is 3. The molecular formula is C27H26ClNO5. The zero-order valence-electron chi connectivity index (χ0n) is 19.3. The molecule has 0 aromatic heterocycles. The minimum absolute atomic E-state index is 0.0105. The Kier molecular flexibility index (Phi) is 5.86. The van der Waals surface area contributed by atoms with Gasteiger partial charge >= 0.3 is 5.97 Å². The number of rotatable bonds is 4. The Morgan fingerprint density at radius 1 is 1.12 bits per heavy atom. The summed E-state index contributed by atoms with van der Waals surface area (Å²) in [5.41, 5.74) is 4.29. The smallest absolute Gasteiger partial charge is 0.337 e. The van der Waals surface area contributed by atoms with E-state index in [9.17, 15) is 9.59 Å². The second-order valence-electron chi connectivity index (χ2n) is 9.11. The van der Waals surface area contributed by atoms with Gasteiger partial charge in [0, 0.05) is 34.3 Å². The van der Waals surface area contributed by atoms with Crippen LogP contribution >= 0.6 is 11.6 Å². The molecule has 0 fully saturated rings. The number of carbonyl (C=O) groups excluding carboxylic acids is 2. The number of hydrogen-bond acceptors (Lipinski definition) is 6. The summed E-state index contributed by atoms with van der Waals surface area (Å²) in [7, 11) is 0. The first-order chi connectivity index (χ1) is 16.3. The first-order valence-electron chi connectivity index (χ1n) is 11.4. The highest BCUT2D eigenvalue weighted by Gasteiger charge is 2.42. The molecule has 2 atom stereocenters. The summed E-state index contributed by atoms with van der Waals surface area (Å²) < 4.78 is 16.6. The quantitative estimate of drug-likeness (QED) is 0.593. The van der Waals surface area contributed by atoms with Crippen molar-refractivity contribution in [2.24, 2.45) is 0 Å². The summed E-state index contributed by atoms with van der Waals surface area (Å²) in [5, 5.41) is 4.02. The van der Waals surface area contributed by atoms with E-state index in [1.54, 1.807) is 0 Å². The lowest BCUT2D eigenvalue weighted by atomic mass is 9.71. The van der Waals surface area contributed by atoms with Gasteiger partial charge in [-0.25, -0.2) is 4.79 Å². The van der Waals surface area contributed by atoms with Crippen LogP contribution in [0.15, 0.2) is 65.0 Å². The molecule has 2 aromatic carbocycles. The molecule has 176 valence electrons. The van der Waals surface area contributed by atoms with E-state index >= 15 is 0 Å². The second-order valence-corrected chi connectivity index (χ2v) is 9.51. The van der Waals surface area contributed by atoms with E-state index in [1.807, 2.05) is 63.2 Å². The molecule has 0 amide bonds. The lowest BCUT2D eigenvalue weighted by Gasteiger charge is -2.37. The summed E-state index contributed by atoms with van der Waals surface area (Å²) in [4.78, 5) is 26.9. The van der Waals surface area contributed by atoms with E-state index in [4.69, 9.17) is 25.8 Å². The number of allylic oxidation sites excluding steroid dienone is 3. The predicted molar refractivity (Wildman–Crippen MR) is 128 cm³/mol. The molecular weight excluding hydrogens is 454 g/mol. The zero-order valence-corrected chi connectivity index (χ0v) is 20.1. The highest BCUT2D eigenvalue weighted by Crippen LogP contribution is 2.48. The van der Waals surface area contributed by atoms with E-state index in [0.717, 1.165) is 16.8 Å². The number of Topliss-reactive ketones (excluding diaryl/α,β-unsaturated/α-hetero) is 1. The Hall–Kier alpha value is -3.25. The number of carbonyl (C=O) groups is 2. The molecule has 2 aliphatic heterocycles. The molecule has 0 bridgehead atoms. The maximum absolute atomic E-state index is 13.7. The van der Waals surface area contributed by atoms with Gasteiger partial charge in [0.25, 0.3) is 0 Å². The van der Waals surface area contributed by atoms with Gasteiger partial charge in [-0.15, -0.1) is 0 Å². The number of esters is 1. The van der Waals surface area contributed by atoms with Crippen LogP contribution in [-0.2, 0) is 14.3 Å². The summed E-state index contributed by atoms with van der Waals surface area (Å²) in [6.45, 7) is 5.62. The van der Waals surface area contributed by atoms with Crippen molar-refractivity contribution >= 4 is 23.4 Å². The van der Waals surface area contributed by atoms with Gasteiger partial charge in [-0.2, -0.15) is 0 Å². The van der Waals surface area contributed by atoms with Crippen molar-refractivity contribution in [1.29, 1.82) is 0 Å². The minimum Gasteiger partial charge on any atom is -0.460 e. The second kappa shape index (κ2) is 8.84. The summed E-state index contributed by atoms with van der Waals surface area (Å²) >= 11 is 6.46. The number of benzene rings is 2. The Balaban J connectivity index is 1.60. The fraction of sp³-hybridized carbons (Fsp3) is 0.333. The monoisotopic (exact) mass is 479 g/mol. The Bertz CT molecular complexity index is 1250. The summed E-state index contributed by atoms with van der Waals surface area (Å²) in [5.74, 6) is 0.203. The molecule has 2 heterocycles. The van der Waals surface area contributed by atoms with Gasteiger partial charge < -0.3 is 19.5 Å². The van der Waals surface area contributed by atoms with E-state index < -0.39 is 11.9 Å². The third kappa shape index (κ3) is 3.96. The van der Waals surface area contributed by atoms with Crippen molar-refractivity contribution in [1.82, 2.24) is 5.32 Å². The standard InChI is InChI=1S/C27H26ClNO5/c1-14(2)34-27(31)24-15(3)29-20-10-17(18-6-4-5-7-19(18)28)11-21(30)26(20)25(24)16-8-9-22-23(12-16)33-13-32-22/h4-9,12,14,17,25,29H,10-11,13H2,1-3H3/t17-,25+/m0/s1. The fourth-order valence-corrected chi connectivity index (χ4v) is 5.33. The van der Waals surface area contributed by atoms with Gasteiger partial charge in [0.1, 0.15) is 0 Å². The molecule has 34 heavy (non-hydrogen) atoms. The van der Waals surface area contributed by atoms with Crippen LogP contribution in [0.4, 0.5) is 0 Å². The average Bonchev–Trinajstić information content (AvgIpc) is 3.25. The van der Waals surface area contributed by atoms with Crippen LogP contribution < -0.4 is 14.8 Å². The molecule has 3 aliphatic rings. The topological polar surface area (TPSA) is 73.9 Å². The molecule has 0 saturated carbocycles. The Morgan fingerprint density at radius 2 is 1.88 bits per heavy atom. The Labute approximate surface area is 203 Å². The highest BCUT2D eigenvalue weighted by molar-refractivity contribution is 6.31. The lowest BCUT2D eigenvalue weighted by Crippen LogP contribution is -2.36. The molecule has 0 saturated heterocycles. The molecule has 2 aromatic rings. The molecule has 5 rings (SSSR count). The molecule has 1 N–H and O–H groups in total. The maximum Gasteiger partial charge on any atom is 0.337 e. The van der Waals surface area contributed by atoms with Crippen molar-refractivity contribution < 1.29 is 23.8 Å². The van der Waals surface area contributed by atoms with Gasteiger partial charge in [0.05, 0.1) is 11.7 Å². The minimum atomic E-state index is -0.559. The average molecular weight is 480 g/mol. The molecule has 6 nitrogen and oxygen atoms in total. The van der Waals surface area contributed by atoms with Gasteiger partial charge in [0.2, 0.25) is 6.79 Å². The Morgan fingerprint density at radius 3 is 2.65 bits per heavy atom. The van der Waals surface area contributed by atoms with Crippen LogP contribution in [0.3, 0.4) is 0 Å².